The van der Waals surface area contributed by atoms with Crippen molar-refractivity contribution in [2.24, 2.45) is 11.8 Å². The highest BCUT2D eigenvalue weighted by Crippen LogP contribution is 2.27. The molecule has 0 atom stereocenters. The van der Waals surface area contributed by atoms with Gasteiger partial charge >= 0.3 is 11.9 Å². The molecule has 156 valence electrons. The van der Waals surface area contributed by atoms with Crippen LogP contribution >= 0.6 is 15.9 Å². The smallest absolute Gasteiger partial charge is 0.343 e. The topological polar surface area (TPSA) is 61.8 Å². The van der Waals surface area contributed by atoms with E-state index in [-0.39, 0.29) is 5.92 Å². The predicted molar refractivity (Wildman–Crippen MR) is 116 cm³/mol. The maximum atomic E-state index is 12.4. The van der Waals surface area contributed by atoms with Crippen LogP contribution in [-0.2, 0) is 4.74 Å². The number of esters is 2. The van der Waals surface area contributed by atoms with Gasteiger partial charge < -0.3 is 14.2 Å². The predicted octanol–water partition coefficient (Wildman–Crippen LogP) is 5.91. The summed E-state index contributed by atoms with van der Waals surface area (Å²) >= 11 is 3.43. The monoisotopic (exact) mass is 462 g/mol. The Morgan fingerprint density at radius 2 is 1.55 bits per heavy atom. The van der Waals surface area contributed by atoms with Crippen LogP contribution in [0.5, 0.6) is 11.5 Å². The van der Waals surface area contributed by atoms with Crippen LogP contribution < -0.4 is 9.47 Å². The minimum Gasteiger partial charge on any atom is -0.492 e. The van der Waals surface area contributed by atoms with E-state index in [1.54, 1.807) is 42.5 Å². The molecule has 2 rings (SSSR count). The second-order valence-corrected chi connectivity index (χ2v) is 8.44. The second-order valence-electron chi connectivity index (χ2n) is 7.58. The Morgan fingerprint density at radius 1 is 0.897 bits per heavy atom. The van der Waals surface area contributed by atoms with Gasteiger partial charge in [0.15, 0.2) is 0 Å². The number of ether oxygens (including phenoxy) is 3. The van der Waals surface area contributed by atoms with Gasteiger partial charge in [-0.1, -0.05) is 27.7 Å². The van der Waals surface area contributed by atoms with Gasteiger partial charge in [-0.05, 0) is 76.7 Å². The van der Waals surface area contributed by atoms with Gasteiger partial charge in [-0.2, -0.15) is 0 Å². The molecule has 0 radical (unpaired) electrons. The molecule has 0 saturated heterocycles. The van der Waals surface area contributed by atoms with Crippen molar-refractivity contribution < 1.29 is 23.8 Å². The van der Waals surface area contributed by atoms with Crippen molar-refractivity contribution in [1.29, 1.82) is 0 Å². The third kappa shape index (κ3) is 7.54. The number of rotatable bonds is 9. The summed E-state index contributed by atoms with van der Waals surface area (Å²) in [6.45, 7) is 9.20. The summed E-state index contributed by atoms with van der Waals surface area (Å²) in [4.78, 5) is 24.3. The molecule has 0 aromatic heterocycles. The van der Waals surface area contributed by atoms with E-state index >= 15 is 0 Å². The summed E-state index contributed by atoms with van der Waals surface area (Å²) in [6, 6.07) is 11.4. The lowest BCUT2D eigenvalue weighted by Crippen LogP contribution is -2.11. The first kappa shape index (κ1) is 22.9. The highest BCUT2D eigenvalue weighted by Gasteiger charge is 2.13. The van der Waals surface area contributed by atoms with Crippen molar-refractivity contribution in [2.75, 3.05) is 13.2 Å². The second kappa shape index (κ2) is 11.0. The highest BCUT2D eigenvalue weighted by atomic mass is 79.9. The van der Waals surface area contributed by atoms with Gasteiger partial charge in [0.1, 0.15) is 11.5 Å². The number of halogens is 1. The lowest BCUT2D eigenvalue weighted by Gasteiger charge is -2.11. The number of carbonyl (C=O) groups is 2. The highest BCUT2D eigenvalue weighted by molar-refractivity contribution is 9.10. The molecule has 0 fully saturated rings. The van der Waals surface area contributed by atoms with E-state index in [0.29, 0.717) is 46.2 Å². The summed E-state index contributed by atoms with van der Waals surface area (Å²) in [6.07, 6.45) is 0.956. The molecule has 0 N–H and O–H groups in total. The van der Waals surface area contributed by atoms with Crippen LogP contribution in [0.15, 0.2) is 46.9 Å². The van der Waals surface area contributed by atoms with Gasteiger partial charge in [-0.25, -0.2) is 9.59 Å². The number of hydrogen-bond acceptors (Lipinski definition) is 5. The molecule has 0 aliphatic heterocycles. The lowest BCUT2D eigenvalue weighted by molar-refractivity contribution is 0.0459. The van der Waals surface area contributed by atoms with E-state index in [2.05, 4.69) is 29.8 Å². The van der Waals surface area contributed by atoms with Crippen molar-refractivity contribution in [3.05, 3.63) is 58.1 Å². The van der Waals surface area contributed by atoms with Crippen LogP contribution in [0.3, 0.4) is 0 Å². The van der Waals surface area contributed by atoms with Crippen molar-refractivity contribution >= 4 is 27.9 Å². The Balaban J connectivity index is 1.95. The summed E-state index contributed by atoms with van der Waals surface area (Å²) in [5.41, 5.74) is 0.810. The van der Waals surface area contributed by atoms with E-state index in [1.165, 1.54) is 0 Å². The molecule has 0 aliphatic carbocycles. The SMILES string of the molecule is CC(C)CCOc1ccc(C(=O)Oc2ccc(C(=O)OCC(C)C)cc2)cc1Br. The Hall–Kier alpha value is -2.34. The fourth-order valence-corrected chi connectivity index (χ4v) is 2.79. The first-order valence-corrected chi connectivity index (χ1v) is 10.5. The normalized spacial score (nSPS) is 10.9. The molecule has 0 aliphatic rings. The summed E-state index contributed by atoms with van der Waals surface area (Å²) < 4.78 is 17.0. The zero-order chi connectivity index (χ0) is 21.4. The number of carbonyl (C=O) groups excluding carboxylic acids is 2. The van der Waals surface area contributed by atoms with Crippen molar-refractivity contribution in [1.82, 2.24) is 0 Å². The first-order valence-electron chi connectivity index (χ1n) is 9.68. The number of hydrogen-bond donors (Lipinski definition) is 0. The molecule has 0 unspecified atom stereocenters. The van der Waals surface area contributed by atoms with Crippen LogP contribution in [0.2, 0.25) is 0 Å². The molecule has 0 heterocycles. The number of benzene rings is 2. The molecule has 29 heavy (non-hydrogen) atoms. The largest absolute Gasteiger partial charge is 0.492 e. The average Bonchev–Trinajstić information content (AvgIpc) is 2.67. The van der Waals surface area contributed by atoms with E-state index in [1.807, 2.05) is 13.8 Å². The lowest BCUT2D eigenvalue weighted by atomic mass is 10.1. The molecule has 5 nitrogen and oxygen atoms in total. The quantitative estimate of drug-likeness (QED) is 0.342. The maximum absolute atomic E-state index is 12.4. The van der Waals surface area contributed by atoms with Gasteiger partial charge in [-0.3, -0.25) is 0 Å². The third-order valence-corrected chi connectivity index (χ3v) is 4.59. The third-order valence-electron chi connectivity index (χ3n) is 3.97. The summed E-state index contributed by atoms with van der Waals surface area (Å²) in [5.74, 6) is 0.982. The fraction of sp³-hybridized carbons (Fsp3) is 0.391. The van der Waals surface area contributed by atoms with Crippen molar-refractivity contribution in [3.63, 3.8) is 0 Å². The van der Waals surface area contributed by atoms with Crippen LogP contribution in [0.25, 0.3) is 0 Å². The first-order chi connectivity index (χ1) is 13.8. The molecular weight excluding hydrogens is 436 g/mol. The van der Waals surface area contributed by atoms with Gasteiger partial charge in [0.25, 0.3) is 0 Å². The Bertz CT molecular complexity index is 828. The van der Waals surface area contributed by atoms with Crippen LogP contribution in [0.1, 0.15) is 54.8 Å². The summed E-state index contributed by atoms with van der Waals surface area (Å²) in [5, 5.41) is 0. The average molecular weight is 463 g/mol. The summed E-state index contributed by atoms with van der Waals surface area (Å²) in [7, 11) is 0. The van der Waals surface area contributed by atoms with E-state index < -0.39 is 11.9 Å². The zero-order valence-corrected chi connectivity index (χ0v) is 18.8. The molecule has 2 aromatic rings. The van der Waals surface area contributed by atoms with Crippen LogP contribution in [0, 0.1) is 11.8 Å². The van der Waals surface area contributed by atoms with Gasteiger partial charge in [0, 0.05) is 0 Å². The van der Waals surface area contributed by atoms with E-state index in [4.69, 9.17) is 14.2 Å². The molecule has 2 aromatic carbocycles. The minimum atomic E-state index is -0.491. The van der Waals surface area contributed by atoms with E-state index in [0.717, 1.165) is 6.42 Å². The maximum Gasteiger partial charge on any atom is 0.343 e. The van der Waals surface area contributed by atoms with Gasteiger partial charge in [-0.15, -0.1) is 0 Å². The van der Waals surface area contributed by atoms with Crippen LogP contribution in [0.4, 0.5) is 0 Å². The Labute approximate surface area is 180 Å². The van der Waals surface area contributed by atoms with Crippen molar-refractivity contribution in [3.8, 4) is 11.5 Å². The zero-order valence-electron chi connectivity index (χ0n) is 17.2. The molecule has 0 bridgehead atoms. The van der Waals surface area contributed by atoms with Crippen molar-refractivity contribution in [2.45, 2.75) is 34.1 Å². The standard InChI is InChI=1S/C23H27BrO5/c1-15(2)11-12-27-21-10-7-18(13-20(21)24)23(26)29-19-8-5-17(6-9-19)22(25)28-14-16(3)4/h5-10,13,15-16H,11-12,14H2,1-4H3. The molecule has 0 amide bonds. The molecular formula is C23H27BrO5. The van der Waals surface area contributed by atoms with Gasteiger partial charge in [0.05, 0.1) is 28.8 Å². The molecule has 0 spiro atoms. The van der Waals surface area contributed by atoms with E-state index in [9.17, 15) is 9.59 Å². The Kier molecular flexibility index (Phi) is 8.70. The molecule has 0 saturated carbocycles. The van der Waals surface area contributed by atoms with Crippen LogP contribution in [-0.4, -0.2) is 25.2 Å². The minimum absolute atomic E-state index is 0.269. The Morgan fingerprint density at radius 3 is 2.14 bits per heavy atom. The fourth-order valence-electron chi connectivity index (χ4n) is 2.30. The van der Waals surface area contributed by atoms with Gasteiger partial charge in [0.2, 0.25) is 0 Å². The molecule has 6 heteroatoms.